The summed E-state index contributed by atoms with van der Waals surface area (Å²) in [5.41, 5.74) is -0.282. The topological polar surface area (TPSA) is 64.3 Å². The van der Waals surface area contributed by atoms with Crippen molar-refractivity contribution < 1.29 is 36.6 Å². The van der Waals surface area contributed by atoms with Gasteiger partial charge in [0.2, 0.25) is 0 Å². The van der Waals surface area contributed by atoms with Crippen LogP contribution in [0.15, 0.2) is 42.7 Å². The van der Waals surface area contributed by atoms with E-state index in [0.717, 1.165) is 18.2 Å². The smallest absolute Gasteiger partial charge is 0.418 e. The Balaban J connectivity index is 1.91. The Kier molecular flexibility index (Phi) is 6.28. The first-order valence-electron chi connectivity index (χ1n) is 9.09. The van der Waals surface area contributed by atoms with Gasteiger partial charge < -0.3 is 14.4 Å². The molecule has 0 aliphatic rings. The van der Waals surface area contributed by atoms with Gasteiger partial charge in [-0.1, -0.05) is 0 Å². The second-order valence-corrected chi connectivity index (χ2v) is 6.77. The van der Waals surface area contributed by atoms with E-state index < -0.39 is 41.7 Å². The third kappa shape index (κ3) is 5.19. The predicted molar refractivity (Wildman–Crippen MR) is 99.9 cm³/mol. The van der Waals surface area contributed by atoms with Crippen LogP contribution in [0.2, 0.25) is 0 Å². The van der Waals surface area contributed by atoms with Gasteiger partial charge in [0.1, 0.15) is 6.61 Å². The third-order valence-corrected chi connectivity index (χ3v) is 4.51. The van der Waals surface area contributed by atoms with Gasteiger partial charge in [0.15, 0.2) is 17.4 Å². The number of aliphatic carboxylic acids is 1. The largest absolute Gasteiger partial charge is 0.481 e. The molecule has 0 saturated carbocycles. The molecule has 0 unspecified atom stereocenters. The van der Waals surface area contributed by atoms with E-state index in [1.165, 1.54) is 17.0 Å². The van der Waals surface area contributed by atoms with E-state index in [2.05, 4.69) is 4.98 Å². The highest BCUT2D eigenvalue weighted by atomic mass is 19.4. The van der Waals surface area contributed by atoms with Gasteiger partial charge in [-0.15, -0.1) is 0 Å². The Morgan fingerprint density at radius 2 is 1.84 bits per heavy atom. The summed E-state index contributed by atoms with van der Waals surface area (Å²) in [5, 5.41) is 8.67. The number of hydrogen-bond acceptors (Lipinski definition) is 3. The Hall–Kier alpha value is -3.43. The second-order valence-electron chi connectivity index (χ2n) is 6.77. The van der Waals surface area contributed by atoms with Crippen molar-refractivity contribution in [2.24, 2.45) is 0 Å². The van der Waals surface area contributed by atoms with E-state index in [1.807, 2.05) is 0 Å². The molecule has 0 aliphatic carbocycles. The van der Waals surface area contributed by atoms with Crippen molar-refractivity contribution in [1.82, 2.24) is 9.55 Å². The van der Waals surface area contributed by atoms with E-state index in [0.29, 0.717) is 11.4 Å². The van der Waals surface area contributed by atoms with Crippen molar-refractivity contribution in [2.75, 3.05) is 0 Å². The zero-order valence-electron chi connectivity index (χ0n) is 16.2. The maximum atomic E-state index is 14.3. The Morgan fingerprint density at radius 1 is 1.16 bits per heavy atom. The standard InChI is InChI=1S/C21H17F5N2O3/c1-12-2-4-14(10-27-12)28-7-6-15(21(24,25)26)18(28)11-31-20-16(22)8-13(9-17(20)23)3-5-19(29)30/h2,4,6-10H,3,5,11H2,1H3,(H,29,30). The molecule has 2 heterocycles. The highest BCUT2D eigenvalue weighted by Gasteiger charge is 2.36. The van der Waals surface area contributed by atoms with Crippen LogP contribution in [0.25, 0.3) is 5.69 Å². The highest BCUT2D eigenvalue weighted by Crippen LogP contribution is 2.35. The minimum atomic E-state index is -4.71. The molecule has 5 nitrogen and oxygen atoms in total. The first-order chi connectivity index (χ1) is 14.6. The monoisotopic (exact) mass is 440 g/mol. The van der Waals surface area contributed by atoms with Gasteiger partial charge in [-0.3, -0.25) is 9.78 Å². The molecule has 0 atom stereocenters. The lowest BCUT2D eigenvalue weighted by atomic mass is 10.1. The maximum absolute atomic E-state index is 14.3. The summed E-state index contributed by atoms with van der Waals surface area (Å²) < 4.78 is 75.3. The molecule has 1 aromatic carbocycles. The predicted octanol–water partition coefficient (Wildman–Crippen LogP) is 5.07. The van der Waals surface area contributed by atoms with Gasteiger partial charge in [0.05, 0.1) is 23.1 Å². The van der Waals surface area contributed by atoms with Crippen LogP contribution in [0.1, 0.15) is 28.9 Å². The number of carboxylic acids is 1. The first-order valence-corrected chi connectivity index (χ1v) is 9.09. The number of alkyl halides is 3. The van der Waals surface area contributed by atoms with E-state index >= 15 is 0 Å². The number of carboxylic acid groups (broad SMARTS) is 1. The van der Waals surface area contributed by atoms with Gasteiger partial charge in [-0.25, -0.2) is 8.78 Å². The molecule has 0 aliphatic heterocycles. The number of halogens is 5. The summed E-state index contributed by atoms with van der Waals surface area (Å²) in [7, 11) is 0. The third-order valence-electron chi connectivity index (χ3n) is 4.51. The lowest BCUT2D eigenvalue weighted by Crippen LogP contribution is -2.13. The molecule has 0 amide bonds. The number of nitrogens with zero attached hydrogens (tertiary/aromatic N) is 2. The van der Waals surface area contributed by atoms with Crippen molar-refractivity contribution in [3.8, 4) is 11.4 Å². The zero-order chi connectivity index (χ0) is 22.8. The summed E-state index contributed by atoms with van der Waals surface area (Å²) in [6.07, 6.45) is -2.59. The minimum absolute atomic E-state index is 0.0924. The fourth-order valence-corrected chi connectivity index (χ4v) is 3.00. The van der Waals surface area contributed by atoms with Crippen LogP contribution in [0.5, 0.6) is 5.75 Å². The van der Waals surface area contributed by atoms with Crippen LogP contribution in [0.3, 0.4) is 0 Å². The molecule has 3 rings (SSSR count). The van der Waals surface area contributed by atoms with Crippen LogP contribution in [-0.2, 0) is 24.0 Å². The van der Waals surface area contributed by atoms with Crippen molar-refractivity contribution in [3.05, 3.63) is 76.9 Å². The molecule has 3 aromatic rings. The van der Waals surface area contributed by atoms with Crippen LogP contribution in [0.4, 0.5) is 22.0 Å². The van der Waals surface area contributed by atoms with E-state index in [4.69, 9.17) is 9.84 Å². The first kappa shape index (κ1) is 22.3. The fourth-order valence-electron chi connectivity index (χ4n) is 3.00. The van der Waals surface area contributed by atoms with Crippen LogP contribution in [0, 0.1) is 18.6 Å². The average molecular weight is 440 g/mol. The second kappa shape index (κ2) is 8.75. The van der Waals surface area contributed by atoms with Crippen molar-refractivity contribution in [1.29, 1.82) is 0 Å². The number of ether oxygens (including phenoxy) is 1. The summed E-state index contributed by atoms with van der Waals surface area (Å²) in [4.78, 5) is 14.7. The normalized spacial score (nSPS) is 11.5. The van der Waals surface area contributed by atoms with Gasteiger partial charge in [-0.2, -0.15) is 13.2 Å². The molecule has 1 N–H and O–H groups in total. The number of aromatic nitrogens is 2. The van der Waals surface area contributed by atoms with Crippen LogP contribution >= 0.6 is 0 Å². The molecular weight excluding hydrogens is 423 g/mol. The fraction of sp³-hybridized carbons (Fsp3) is 0.238. The maximum Gasteiger partial charge on any atom is 0.418 e. The Morgan fingerprint density at radius 3 is 2.39 bits per heavy atom. The summed E-state index contributed by atoms with van der Waals surface area (Å²) >= 11 is 0. The lowest BCUT2D eigenvalue weighted by molar-refractivity contribution is -0.139. The quantitative estimate of drug-likeness (QED) is 0.521. The molecule has 0 saturated heterocycles. The molecule has 0 spiro atoms. The van der Waals surface area contributed by atoms with E-state index in [-0.39, 0.29) is 24.1 Å². The zero-order valence-corrected chi connectivity index (χ0v) is 16.2. The van der Waals surface area contributed by atoms with Crippen molar-refractivity contribution in [2.45, 2.75) is 32.5 Å². The van der Waals surface area contributed by atoms with Crippen molar-refractivity contribution >= 4 is 5.97 Å². The SMILES string of the molecule is Cc1ccc(-n2ccc(C(F)(F)F)c2COc2c(F)cc(CCC(=O)O)cc2F)cn1. The van der Waals surface area contributed by atoms with Crippen LogP contribution in [-0.4, -0.2) is 20.6 Å². The lowest BCUT2D eigenvalue weighted by Gasteiger charge is -2.15. The number of pyridine rings is 1. The molecule has 0 radical (unpaired) electrons. The number of rotatable bonds is 7. The van der Waals surface area contributed by atoms with Gasteiger partial charge in [-0.05, 0) is 49.2 Å². The van der Waals surface area contributed by atoms with E-state index in [9.17, 15) is 26.7 Å². The summed E-state index contributed by atoms with van der Waals surface area (Å²) in [5.74, 6) is -4.25. The molecule has 2 aromatic heterocycles. The number of aryl methyl sites for hydroxylation is 2. The molecule has 0 bridgehead atoms. The van der Waals surface area contributed by atoms with Crippen LogP contribution < -0.4 is 4.74 Å². The van der Waals surface area contributed by atoms with Gasteiger partial charge in [0.25, 0.3) is 0 Å². The van der Waals surface area contributed by atoms with Crippen molar-refractivity contribution in [3.63, 3.8) is 0 Å². The number of benzene rings is 1. The molecule has 10 heteroatoms. The summed E-state index contributed by atoms with van der Waals surface area (Å²) in [6.45, 7) is 0.953. The summed E-state index contributed by atoms with van der Waals surface area (Å²) in [6, 6.07) is 5.82. The molecular formula is C21H17F5N2O3. The molecule has 31 heavy (non-hydrogen) atoms. The Labute approximate surface area is 173 Å². The minimum Gasteiger partial charge on any atom is -0.481 e. The number of hydrogen-bond donors (Lipinski definition) is 1. The number of carbonyl (C=O) groups is 1. The molecule has 164 valence electrons. The van der Waals surface area contributed by atoms with Gasteiger partial charge in [0, 0.05) is 18.3 Å². The van der Waals surface area contributed by atoms with Gasteiger partial charge >= 0.3 is 12.1 Å². The Bertz CT molecular complexity index is 1070. The molecule has 0 fully saturated rings. The average Bonchev–Trinajstić information content (AvgIpc) is 3.10. The highest BCUT2D eigenvalue weighted by molar-refractivity contribution is 5.67. The van der Waals surface area contributed by atoms with E-state index in [1.54, 1.807) is 19.1 Å².